The number of ether oxygens (including phenoxy) is 1. The van der Waals surface area contributed by atoms with Crippen molar-refractivity contribution >= 4 is 5.91 Å². The van der Waals surface area contributed by atoms with Crippen molar-refractivity contribution in [3.63, 3.8) is 0 Å². The highest BCUT2D eigenvalue weighted by Gasteiger charge is 2.23. The fourth-order valence-electron chi connectivity index (χ4n) is 1.28. The first kappa shape index (κ1) is 13.5. The Hall–Kier alpha value is -1.58. The summed E-state index contributed by atoms with van der Waals surface area (Å²) in [5, 5.41) is 2.93. The molecule has 1 rings (SSSR count). The molecule has 4 nitrogen and oxygen atoms in total. The summed E-state index contributed by atoms with van der Waals surface area (Å²) in [5.74, 6) is 0.751. The van der Waals surface area contributed by atoms with Crippen LogP contribution in [0, 0.1) is 5.41 Å². The molecule has 1 amide bonds. The number of carbonyl (C=O) groups is 1. The minimum atomic E-state index is -0.396. The highest BCUT2D eigenvalue weighted by atomic mass is 16.5. The molecule has 0 bridgehead atoms. The number of rotatable bonds is 3. The van der Waals surface area contributed by atoms with Crippen LogP contribution in [-0.4, -0.2) is 18.0 Å². The first-order valence-corrected chi connectivity index (χ1v) is 5.65. The van der Waals surface area contributed by atoms with Crippen molar-refractivity contribution in [3.05, 3.63) is 24.0 Å². The van der Waals surface area contributed by atoms with Gasteiger partial charge in [-0.15, -0.1) is 0 Å². The van der Waals surface area contributed by atoms with Crippen LogP contribution in [0.25, 0.3) is 0 Å². The van der Waals surface area contributed by atoms with Crippen molar-refractivity contribution in [2.45, 2.75) is 33.7 Å². The minimum Gasteiger partial charge on any atom is -0.497 e. The molecule has 0 saturated heterocycles. The van der Waals surface area contributed by atoms with Gasteiger partial charge < -0.3 is 10.1 Å². The summed E-state index contributed by atoms with van der Waals surface area (Å²) in [5.41, 5.74) is 0.398. The molecule has 0 spiro atoms. The minimum absolute atomic E-state index is 0.00891. The van der Waals surface area contributed by atoms with Crippen molar-refractivity contribution in [2.24, 2.45) is 5.41 Å². The molecule has 4 heteroatoms. The smallest absolute Gasteiger partial charge is 0.225 e. The second kappa shape index (κ2) is 5.17. The third kappa shape index (κ3) is 3.73. The number of hydrogen-bond acceptors (Lipinski definition) is 3. The monoisotopic (exact) mass is 236 g/mol. The maximum Gasteiger partial charge on any atom is 0.225 e. The van der Waals surface area contributed by atoms with Gasteiger partial charge in [0, 0.05) is 17.7 Å². The van der Waals surface area contributed by atoms with E-state index in [1.807, 2.05) is 33.8 Å². The second-order valence-electron chi connectivity index (χ2n) is 5.07. The van der Waals surface area contributed by atoms with Gasteiger partial charge >= 0.3 is 0 Å². The number of nitrogens with one attached hydrogen (secondary N) is 1. The Morgan fingerprint density at radius 1 is 1.47 bits per heavy atom. The summed E-state index contributed by atoms with van der Waals surface area (Å²) in [6, 6.07) is 3.48. The van der Waals surface area contributed by atoms with E-state index in [1.54, 1.807) is 19.4 Å². The van der Waals surface area contributed by atoms with Crippen molar-refractivity contribution in [2.75, 3.05) is 7.11 Å². The number of pyridine rings is 1. The Labute approximate surface area is 102 Å². The summed E-state index contributed by atoms with van der Waals surface area (Å²) in [6.07, 6.45) is 1.67. The molecule has 1 aromatic heterocycles. The van der Waals surface area contributed by atoms with Crippen molar-refractivity contribution in [3.8, 4) is 5.75 Å². The van der Waals surface area contributed by atoms with Crippen LogP contribution in [0.15, 0.2) is 18.3 Å². The average molecular weight is 236 g/mol. The van der Waals surface area contributed by atoms with Gasteiger partial charge in [-0.05, 0) is 13.0 Å². The van der Waals surface area contributed by atoms with Crippen LogP contribution >= 0.6 is 0 Å². The van der Waals surface area contributed by atoms with Gasteiger partial charge in [-0.2, -0.15) is 0 Å². The summed E-state index contributed by atoms with van der Waals surface area (Å²) in [6.45, 7) is 7.56. The molecule has 0 unspecified atom stereocenters. The van der Waals surface area contributed by atoms with Gasteiger partial charge in [0.25, 0.3) is 0 Å². The Morgan fingerprint density at radius 2 is 2.12 bits per heavy atom. The molecule has 1 heterocycles. The fourth-order valence-corrected chi connectivity index (χ4v) is 1.28. The van der Waals surface area contributed by atoms with Gasteiger partial charge in [0.15, 0.2) is 0 Å². The molecule has 0 aliphatic heterocycles. The van der Waals surface area contributed by atoms with Crippen molar-refractivity contribution < 1.29 is 9.53 Å². The van der Waals surface area contributed by atoms with Crippen LogP contribution in [0.1, 0.15) is 39.4 Å². The molecule has 1 N–H and O–H groups in total. The third-order valence-electron chi connectivity index (χ3n) is 2.46. The lowest BCUT2D eigenvalue weighted by Gasteiger charge is -2.21. The van der Waals surface area contributed by atoms with E-state index in [2.05, 4.69) is 10.3 Å². The van der Waals surface area contributed by atoms with Gasteiger partial charge in [-0.1, -0.05) is 20.8 Å². The normalized spacial score (nSPS) is 13.0. The fraction of sp³-hybridized carbons (Fsp3) is 0.538. The molecule has 0 saturated carbocycles. The van der Waals surface area contributed by atoms with E-state index in [9.17, 15) is 4.79 Å². The number of carbonyl (C=O) groups excluding carboxylic acids is 1. The number of aromatic nitrogens is 1. The lowest BCUT2D eigenvalue weighted by atomic mass is 9.95. The summed E-state index contributed by atoms with van der Waals surface area (Å²) in [4.78, 5) is 16.1. The van der Waals surface area contributed by atoms with E-state index in [0.29, 0.717) is 0 Å². The first-order chi connectivity index (χ1) is 7.84. The summed E-state index contributed by atoms with van der Waals surface area (Å²) < 4.78 is 5.12. The quantitative estimate of drug-likeness (QED) is 0.876. The molecule has 0 radical (unpaired) electrons. The number of nitrogens with zero attached hydrogens (tertiary/aromatic N) is 1. The van der Waals surface area contributed by atoms with Crippen LogP contribution in [0.3, 0.4) is 0 Å². The molecule has 0 aromatic carbocycles. The molecule has 0 aliphatic carbocycles. The van der Waals surface area contributed by atoms with Crippen LogP contribution < -0.4 is 10.1 Å². The van der Waals surface area contributed by atoms with Gasteiger partial charge in [0.1, 0.15) is 5.75 Å². The Morgan fingerprint density at radius 3 is 2.65 bits per heavy atom. The van der Waals surface area contributed by atoms with Gasteiger partial charge in [0.05, 0.1) is 18.8 Å². The SMILES string of the molecule is COc1ccnc([C@H](C)NC(=O)C(C)(C)C)c1. The van der Waals surface area contributed by atoms with E-state index < -0.39 is 5.41 Å². The lowest BCUT2D eigenvalue weighted by Crippen LogP contribution is -2.36. The second-order valence-corrected chi connectivity index (χ2v) is 5.07. The van der Waals surface area contributed by atoms with E-state index >= 15 is 0 Å². The Balaban J connectivity index is 2.76. The highest BCUT2D eigenvalue weighted by Crippen LogP contribution is 2.19. The number of amides is 1. The Kier molecular flexibility index (Phi) is 4.10. The Bertz CT molecular complexity index is 397. The highest BCUT2D eigenvalue weighted by molar-refractivity contribution is 5.81. The van der Waals surface area contributed by atoms with Gasteiger partial charge in [-0.3, -0.25) is 9.78 Å². The predicted molar refractivity (Wildman–Crippen MR) is 66.8 cm³/mol. The molecule has 1 aromatic rings. The van der Waals surface area contributed by atoms with Crippen molar-refractivity contribution in [1.82, 2.24) is 10.3 Å². The van der Waals surface area contributed by atoms with Crippen LogP contribution in [0.5, 0.6) is 5.75 Å². The lowest BCUT2D eigenvalue weighted by molar-refractivity contribution is -0.129. The van der Waals surface area contributed by atoms with E-state index in [1.165, 1.54) is 0 Å². The first-order valence-electron chi connectivity index (χ1n) is 5.65. The van der Waals surface area contributed by atoms with E-state index in [0.717, 1.165) is 11.4 Å². The van der Waals surface area contributed by atoms with Crippen LogP contribution in [-0.2, 0) is 4.79 Å². The third-order valence-corrected chi connectivity index (χ3v) is 2.46. The average Bonchev–Trinajstić information content (AvgIpc) is 2.27. The van der Waals surface area contributed by atoms with Crippen molar-refractivity contribution in [1.29, 1.82) is 0 Å². The zero-order valence-corrected chi connectivity index (χ0v) is 11.1. The standard InChI is InChI=1S/C13H20N2O2/c1-9(15-12(16)13(2,3)4)11-8-10(17-5)6-7-14-11/h6-9H,1-5H3,(H,15,16)/t9-/m0/s1. The number of methoxy groups -OCH3 is 1. The molecular formula is C13H20N2O2. The van der Waals surface area contributed by atoms with Crippen LogP contribution in [0.2, 0.25) is 0 Å². The molecule has 0 aliphatic rings. The summed E-state index contributed by atoms with van der Waals surface area (Å²) >= 11 is 0. The maximum absolute atomic E-state index is 11.8. The molecule has 94 valence electrons. The predicted octanol–water partition coefficient (Wildman–Crippen LogP) is 2.31. The topological polar surface area (TPSA) is 51.2 Å². The van der Waals surface area contributed by atoms with E-state index in [4.69, 9.17) is 4.74 Å². The molecular weight excluding hydrogens is 216 g/mol. The van der Waals surface area contributed by atoms with Gasteiger partial charge in [0.2, 0.25) is 5.91 Å². The van der Waals surface area contributed by atoms with Crippen LogP contribution in [0.4, 0.5) is 0 Å². The zero-order valence-electron chi connectivity index (χ0n) is 11.1. The molecule has 1 atom stereocenters. The van der Waals surface area contributed by atoms with Gasteiger partial charge in [-0.25, -0.2) is 0 Å². The maximum atomic E-state index is 11.8. The molecule has 17 heavy (non-hydrogen) atoms. The zero-order chi connectivity index (χ0) is 13.1. The van der Waals surface area contributed by atoms with E-state index in [-0.39, 0.29) is 11.9 Å². The largest absolute Gasteiger partial charge is 0.497 e. The molecule has 0 fully saturated rings. The summed E-state index contributed by atoms with van der Waals surface area (Å²) in [7, 11) is 1.61. The number of hydrogen-bond donors (Lipinski definition) is 1.